The minimum absolute atomic E-state index is 0. The number of H-pyrrole nitrogens is 2. The van der Waals surface area contributed by atoms with Crippen LogP contribution in [0.3, 0.4) is 0 Å². The Morgan fingerprint density at radius 1 is 0.532 bits per heavy atom. The van der Waals surface area contributed by atoms with E-state index in [1.807, 2.05) is 15.6 Å². The number of azide groups is 2. The van der Waals surface area contributed by atoms with Crippen molar-refractivity contribution in [3.8, 4) is 0 Å². The molecular weight excluding hydrogens is 1650 g/mol. The quantitative estimate of drug-likeness (QED) is 0.00526. The minimum Gasteiger partial charge on any atom is -0.463 e. The van der Waals surface area contributed by atoms with Gasteiger partial charge in [0.25, 0.3) is 11.1 Å². The molecule has 2 aromatic rings. The van der Waals surface area contributed by atoms with Crippen LogP contribution in [0.25, 0.3) is 20.9 Å². The number of aliphatic hydroxyl groups is 5. The predicted molar refractivity (Wildman–Crippen MR) is 306 cm³/mol. The van der Waals surface area contributed by atoms with Gasteiger partial charge in [0.05, 0.1) is 19.8 Å². The van der Waals surface area contributed by atoms with Crippen molar-refractivity contribution in [1.82, 2.24) is 29.7 Å². The van der Waals surface area contributed by atoms with Crippen molar-refractivity contribution in [3.05, 3.63) is 87.1 Å². The maximum Gasteiger partial charge on any atom is 1.00 e. The van der Waals surface area contributed by atoms with E-state index in [1.54, 1.807) is 4.98 Å². The molecule has 10 unspecified atom stereocenters. The standard InChI is InChI=1S/C27H30F6N6O22P2.C17H26N6O17P2.4Na/c1-9(40)52-7-12-17(54-10(2)41)19(55-11(3)42)16(36-15(44)6-35-38-34)22(57-12)60-63(50,51)61-62(48,49)53-8-13-18(58-23(45)26(28,29)30)20(59-24(46)27(31,32)33)21(56-13)39-5-4-14(43)37-25(39)47;18-22-19-3-9(26)20-10-13(29)11(27)6(4-24)38-16(10)39-42(34,35)40-41(32,33)36-5-7-12(28)14(30)15(37-7)23-2-1-8(25)21-17(23)31;;;;/h4-5,12-13,16-22H,6-8H2,1-3H3,(H,36,44)(H,48,49)(H,50,51)(H,37,43,47);1-2,6-7,10-16,24,27-30H,3-5H2,(H,20,26)(H,32,33)(H,34,35)(H,21,25,31);;;;/q;;4*+1/t12?,13-,16?,17+,18+,19+,20?,21-,22-;6?,7-,10?,11+,12+,13-,14?,15-,16-;;;;/m11..../s1. The number of hydrogen-bond acceptors (Lipinski definition) is 37. The van der Waals surface area contributed by atoms with Crippen LogP contribution < -0.4 is 151 Å². The summed E-state index contributed by atoms with van der Waals surface area (Å²) in [5, 5.41) is 60.1. The van der Waals surface area contributed by atoms with E-state index in [0.29, 0.717) is 16.8 Å². The molecule has 0 saturated carbocycles. The molecule has 4 saturated heterocycles. The maximum atomic E-state index is 13.3. The van der Waals surface area contributed by atoms with Gasteiger partial charge in [-0.3, -0.25) is 70.8 Å². The number of nitrogens with zero attached hydrogens (tertiary/aromatic N) is 8. The molecule has 0 aliphatic carbocycles. The van der Waals surface area contributed by atoms with Crippen molar-refractivity contribution in [2.75, 3.05) is 39.5 Å². The number of halogens is 6. The van der Waals surface area contributed by atoms with Crippen LogP contribution in [0.4, 0.5) is 26.3 Å². The molecule has 6 heterocycles. The second-order valence-electron chi connectivity index (χ2n) is 20.9. The van der Waals surface area contributed by atoms with Crippen molar-refractivity contribution in [1.29, 1.82) is 0 Å². The largest absolute Gasteiger partial charge is 1.00 e. The predicted octanol–water partition coefficient (Wildman–Crippen LogP) is -16.8. The summed E-state index contributed by atoms with van der Waals surface area (Å²) in [6, 6.07) is -2.60. The number of rotatable bonds is 29. The number of esters is 5. The first-order valence-electron chi connectivity index (χ1n) is 28.1. The van der Waals surface area contributed by atoms with Crippen molar-refractivity contribution in [3.63, 3.8) is 0 Å². The van der Waals surface area contributed by atoms with E-state index >= 15 is 0 Å². The van der Waals surface area contributed by atoms with E-state index in [1.165, 1.54) is 0 Å². The molecule has 2 aromatic heterocycles. The normalized spacial score (nSPS) is 28.6. The van der Waals surface area contributed by atoms with E-state index in [4.69, 9.17) is 48.7 Å². The molecule has 588 valence electrons. The number of hydrogen-bond donors (Lipinski definition) is 13. The van der Waals surface area contributed by atoms with Crippen LogP contribution in [0, 0.1) is 0 Å². The number of phosphoric ester groups is 4. The Morgan fingerprint density at radius 3 is 1.35 bits per heavy atom. The maximum absolute atomic E-state index is 13.3. The van der Waals surface area contributed by atoms with Gasteiger partial charge in [-0.1, -0.05) is 10.2 Å². The van der Waals surface area contributed by atoms with Crippen LogP contribution in [-0.2, 0) is 121 Å². The minimum atomic E-state index is -6.30. The summed E-state index contributed by atoms with van der Waals surface area (Å²) in [6.07, 6.45) is -44.4. The van der Waals surface area contributed by atoms with Gasteiger partial charge in [-0.2, -0.15) is 35.0 Å². The van der Waals surface area contributed by atoms with Crippen molar-refractivity contribution >= 4 is 73.0 Å². The zero-order valence-electron chi connectivity index (χ0n) is 56.4. The average Bonchev–Trinajstić information content (AvgIpc) is 1.76. The summed E-state index contributed by atoms with van der Waals surface area (Å²) in [6.45, 7) is -4.17. The molecule has 51 nitrogen and oxygen atoms in total. The number of carbonyl (C=O) groups excluding carboxylic acids is 7. The van der Waals surface area contributed by atoms with Gasteiger partial charge in [0.2, 0.25) is 11.8 Å². The zero-order valence-corrected chi connectivity index (χ0v) is 67.9. The molecule has 65 heteroatoms. The van der Waals surface area contributed by atoms with Gasteiger partial charge in [0.15, 0.2) is 49.5 Å². The second kappa shape index (κ2) is 44.2. The summed E-state index contributed by atoms with van der Waals surface area (Å²) in [5.41, 5.74) is 12.4. The van der Waals surface area contributed by atoms with E-state index in [0.717, 1.165) is 33.0 Å². The molecule has 4 aliphatic heterocycles. The molecule has 109 heavy (non-hydrogen) atoms. The monoisotopic (exact) mass is 1710 g/mol. The van der Waals surface area contributed by atoms with E-state index in [9.17, 15) is 142 Å². The first-order chi connectivity index (χ1) is 48.5. The molecule has 0 bridgehead atoms. The molecule has 4 aliphatic rings. The van der Waals surface area contributed by atoms with Gasteiger partial charge < -0.3 is 98.4 Å². The molecule has 0 radical (unpaired) electrons. The fourth-order valence-corrected chi connectivity index (χ4v) is 13.5. The molecule has 0 aromatic carbocycles. The smallest absolute Gasteiger partial charge is 0.463 e. The van der Waals surface area contributed by atoms with Crippen LogP contribution in [0.15, 0.2) is 53.9 Å². The van der Waals surface area contributed by atoms with Gasteiger partial charge >= 0.3 is 203 Å². The van der Waals surface area contributed by atoms with Crippen molar-refractivity contribution in [2.45, 2.75) is 143 Å². The SMILES string of the molecule is CC(=O)OCC1O[C@H](OP(=O)(O)OP(=O)(O)OC[C@H]2O[C@@H](n3ccc(=O)[nH]c3=O)C(OC(=O)C(F)(F)F)[C@H]2OC(=O)C(F)(F)F)C(NC(=O)CN=[N+]=[N-])[C@H](OC(C)=O)[C@H]1OC(C)=O.[N-]=[N+]=NCC(=O)NC1[C@@H](OP(=O)(O)OP(=O)(O)OC[C@H]2O[C@@H](n3ccc(=O)[nH]c3=O)C(O)[C@H]2O)OC(CO)[C@H](O)[C@@H]1O.[Na+].[Na+].[Na+].[Na+]. The van der Waals surface area contributed by atoms with Gasteiger partial charge in [0, 0.05) is 55.1 Å². The molecular formula is C44H56F6N12Na4O39P4+4. The summed E-state index contributed by atoms with van der Waals surface area (Å²) in [5.74, 6) is -12.1. The van der Waals surface area contributed by atoms with Crippen LogP contribution in [0.2, 0.25) is 0 Å². The summed E-state index contributed by atoms with van der Waals surface area (Å²) >= 11 is 0. The van der Waals surface area contributed by atoms with Crippen LogP contribution in [-0.4, -0.2) is 256 Å². The third-order valence-corrected chi connectivity index (χ3v) is 18.5. The molecule has 4 fully saturated rings. The number of aliphatic hydroxyl groups excluding tert-OH is 5. The van der Waals surface area contributed by atoms with Gasteiger partial charge in [0.1, 0.15) is 80.6 Å². The Morgan fingerprint density at radius 2 is 0.917 bits per heavy atom. The van der Waals surface area contributed by atoms with E-state index < -0.39 is 258 Å². The number of nitrogens with one attached hydrogen (secondary N) is 4. The number of phosphoric acid groups is 4. The number of ether oxygens (including phenoxy) is 9. The Kier molecular flexibility index (Phi) is 41.8. The fraction of sp³-hybridized carbons (Fsp3) is 0.659. The van der Waals surface area contributed by atoms with Crippen LogP contribution in [0.5, 0.6) is 0 Å². The van der Waals surface area contributed by atoms with E-state index in [-0.39, 0.29) is 123 Å². The zero-order chi connectivity index (χ0) is 79.2. The second-order valence-corrected chi connectivity index (χ2v) is 26.9. The molecule has 6 rings (SSSR count). The fourth-order valence-electron chi connectivity index (χ4n) is 9.14. The number of alkyl halides is 6. The average molecular weight is 1710 g/mol. The van der Waals surface area contributed by atoms with E-state index in [2.05, 4.69) is 51.7 Å². The Bertz CT molecular complexity index is 4090. The van der Waals surface area contributed by atoms with Crippen LogP contribution in [0.1, 0.15) is 33.2 Å². The Balaban J connectivity index is 0.00000113. The first kappa shape index (κ1) is 103. The topological polar surface area (TPSA) is 740 Å². The molecule has 22 atom stereocenters. The Hall–Kier alpha value is -3.99. The van der Waals surface area contributed by atoms with Gasteiger partial charge in [-0.15, -0.1) is 0 Å². The van der Waals surface area contributed by atoms with Gasteiger partial charge in [-0.25, -0.2) is 37.4 Å². The Labute approximate surface area is 688 Å². The number of aromatic amines is 2. The third kappa shape index (κ3) is 30.9. The van der Waals surface area contributed by atoms with Crippen molar-refractivity contribution < 1.29 is 311 Å². The number of carbonyl (C=O) groups is 7. The third-order valence-electron chi connectivity index (χ3n) is 13.3. The van der Waals surface area contributed by atoms with Crippen molar-refractivity contribution in [2.24, 2.45) is 10.2 Å². The number of aromatic nitrogens is 4. The molecule has 13 N–H and O–H groups in total. The van der Waals surface area contributed by atoms with Gasteiger partial charge in [-0.05, 0) is 11.1 Å². The molecule has 0 spiro atoms. The first-order valence-corrected chi connectivity index (χ1v) is 34.1. The van der Waals surface area contributed by atoms with Crippen LogP contribution >= 0.6 is 31.3 Å². The summed E-state index contributed by atoms with van der Waals surface area (Å²) in [4.78, 5) is 180. The summed E-state index contributed by atoms with van der Waals surface area (Å²) < 4.78 is 203. The number of amides is 2. The molecule has 2 amide bonds. The summed E-state index contributed by atoms with van der Waals surface area (Å²) in [7, 11) is -23.9.